The fourth-order valence-electron chi connectivity index (χ4n) is 1.93. The summed E-state index contributed by atoms with van der Waals surface area (Å²) < 4.78 is 16.3. The first-order chi connectivity index (χ1) is 8.04. The smallest absolute Gasteiger partial charge is 0.151 e. The second kappa shape index (κ2) is 4.45. The van der Waals surface area contributed by atoms with E-state index in [0.717, 1.165) is 22.1 Å². The molecule has 0 radical (unpaired) electrons. The highest BCUT2D eigenvalue weighted by Gasteiger charge is 2.13. The van der Waals surface area contributed by atoms with Crippen LogP contribution in [-0.2, 0) is 0 Å². The summed E-state index contributed by atoms with van der Waals surface area (Å²) >= 11 is 3.32. The average molecular weight is 296 g/mol. The summed E-state index contributed by atoms with van der Waals surface area (Å²) in [5.41, 5.74) is 2.61. The molecule has 1 aromatic carbocycles. The number of nitrogens with zero attached hydrogens (tertiary/aromatic N) is 1. The van der Waals surface area contributed by atoms with Crippen molar-refractivity contribution in [1.29, 1.82) is 0 Å². The average Bonchev–Trinajstić information content (AvgIpc) is 2.58. The monoisotopic (exact) mass is 295 g/mol. The van der Waals surface area contributed by atoms with Gasteiger partial charge in [0.2, 0.25) is 0 Å². The molecule has 0 atom stereocenters. The Balaban J connectivity index is 2.72. The Bertz CT molecular complexity index is 589. The van der Waals surface area contributed by atoms with Gasteiger partial charge in [0.1, 0.15) is 5.82 Å². The van der Waals surface area contributed by atoms with Gasteiger partial charge in [0, 0.05) is 21.4 Å². The van der Waals surface area contributed by atoms with Gasteiger partial charge >= 0.3 is 0 Å². The Morgan fingerprint density at radius 1 is 1.29 bits per heavy atom. The number of benzene rings is 1. The van der Waals surface area contributed by atoms with E-state index in [2.05, 4.69) is 15.9 Å². The lowest BCUT2D eigenvalue weighted by Crippen LogP contribution is -2.02. The molecule has 1 heterocycles. The van der Waals surface area contributed by atoms with E-state index in [-0.39, 0.29) is 5.82 Å². The van der Waals surface area contributed by atoms with Crippen LogP contribution in [0.15, 0.2) is 28.7 Å². The van der Waals surface area contributed by atoms with Crippen molar-refractivity contribution in [3.63, 3.8) is 0 Å². The lowest BCUT2D eigenvalue weighted by atomic mass is 10.2. The first kappa shape index (κ1) is 12.0. The second-order valence-electron chi connectivity index (χ2n) is 3.88. The topological polar surface area (TPSA) is 22.0 Å². The van der Waals surface area contributed by atoms with Gasteiger partial charge in [0.15, 0.2) is 6.29 Å². The molecular weight excluding hydrogens is 285 g/mol. The van der Waals surface area contributed by atoms with E-state index >= 15 is 0 Å². The molecular formula is C13H11BrFNO. The second-order valence-corrected chi connectivity index (χ2v) is 4.79. The zero-order chi connectivity index (χ0) is 12.6. The summed E-state index contributed by atoms with van der Waals surface area (Å²) in [6.45, 7) is 3.65. The number of hydrogen-bond donors (Lipinski definition) is 0. The van der Waals surface area contributed by atoms with E-state index in [9.17, 15) is 9.18 Å². The highest BCUT2D eigenvalue weighted by Crippen LogP contribution is 2.24. The van der Waals surface area contributed by atoms with Gasteiger partial charge in [0.05, 0.1) is 5.69 Å². The lowest BCUT2D eigenvalue weighted by Gasteiger charge is -2.11. The predicted octanol–water partition coefficient (Wildman–Crippen LogP) is 3.81. The van der Waals surface area contributed by atoms with Crippen LogP contribution in [0.1, 0.15) is 21.7 Å². The summed E-state index contributed by atoms with van der Waals surface area (Å²) in [5.74, 6) is -0.313. The molecule has 0 N–H and O–H groups in total. The van der Waals surface area contributed by atoms with Crippen LogP contribution in [0.5, 0.6) is 0 Å². The number of aryl methyl sites for hydroxylation is 1. The fraction of sp³-hybridized carbons (Fsp3) is 0.154. The Morgan fingerprint density at radius 2 is 2.00 bits per heavy atom. The van der Waals surface area contributed by atoms with Gasteiger partial charge in [-0.05, 0) is 38.1 Å². The highest BCUT2D eigenvalue weighted by atomic mass is 79.9. The SMILES string of the molecule is Cc1cc(C=O)c(C)n1-c1cc(Br)ccc1F. The molecule has 0 aliphatic carbocycles. The normalized spacial score (nSPS) is 10.6. The number of rotatable bonds is 2. The van der Waals surface area contributed by atoms with Gasteiger partial charge in [-0.25, -0.2) is 4.39 Å². The Labute approximate surface area is 107 Å². The largest absolute Gasteiger partial charge is 0.315 e. The number of halogens is 2. The van der Waals surface area contributed by atoms with Crippen molar-refractivity contribution in [3.8, 4) is 5.69 Å². The Hall–Kier alpha value is -1.42. The van der Waals surface area contributed by atoms with E-state index < -0.39 is 0 Å². The maximum absolute atomic E-state index is 13.8. The molecule has 2 rings (SSSR count). The lowest BCUT2D eigenvalue weighted by molar-refractivity contribution is 0.112. The third-order valence-electron chi connectivity index (χ3n) is 2.75. The van der Waals surface area contributed by atoms with Crippen LogP contribution in [-0.4, -0.2) is 10.9 Å². The molecule has 1 aromatic heterocycles. The molecule has 0 aliphatic heterocycles. The molecule has 0 aliphatic rings. The minimum atomic E-state index is -0.313. The van der Waals surface area contributed by atoms with Crippen molar-refractivity contribution in [2.24, 2.45) is 0 Å². The van der Waals surface area contributed by atoms with Gasteiger partial charge in [-0.1, -0.05) is 15.9 Å². The van der Waals surface area contributed by atoms with Crippen LogP contribution in [0.3, 0.4) is 0 Å². The van der Waals surface area contributed by atoms with Crippen molar-refractivity contribution in [2.75, 3.05) is 0 Å². The maximum Gasteiger partial charge on any atom is 0.151 e. The first-order valence-electron chi connectivity index (χ1n) is 5.14. The Morgan fingerprint density at radius 3 is 2.59 bits per heavy atom. The fourth-order valence-corrected chi connectivity index (χ4v) is 2.28. The molecule has 0 unspecified atom stereocenters. The van der Waals surface area contributed by atoms with Crippen LogP contribution in [0, 0.1) is 19.7 Å². The van der Waals surface area contributed by atoms with E-state index in [1.807, 2.05) is 6.92 Å². The molecule has 88 valence electrons. The zero-order valence-corrected chi connectivity index (χ0v) is 11.1. The van der Waals surface area contributed by atoms with Crippen molar-refractivity contribution >= 4 is 22.2 Å². The van der Waals surface area contributed by atoms with Crippen molar-refractivity contribution in [1.82, 2.24) is 4.57 Å². The summed E-state index contributed by atoms with van der Waals surface area (Å²) in [7, 11) is 0. The van der Waals surface area contributed by atoms with Crippen LogP contribution in [0.2, 0.25) is 0 Å². The number of hydrogen-bond acceptors (Lipinski definition) is 1. The minimum absolute atomic E-state index is 0.313. The molecule has 0 amide bonds. The van der Waals surface area contributed by atoms with Crippen LogP contribution in [0.4, 0.5) is 4.39 Å². The summed E-state index contributed by atoms with van der Waals surface area (Å²) in [5, 5.41) is 0. The Kier molecular flexibility index (Phi) is 3.15. The van der Waals surface area contributed by atoms with Gasteiger partial charge in [0.25, 0.3) is 0 Å². The summed E-state index contributed by atoms with van der Waals surface area (Å²) in [4.78, 5) is 10.9. The standard InChI is InChI=1S/C13H11BrFNO/c1-8-5-10(7-17)9(2)16(8)13-6-11(14)3-4-12(13)15/h3-7H,1-2H3. The maximum atomic E-state index is 13.8. The van der Waals surface area contributed by atoms with Crippen LogP contribution < -0.4 is 0 Å². The molecule has 0 saturated carbocycles. The molecule has 0 saturated heterocycles. The van der Waals surface area contributed by atoms with Gasteiger partial charge in [-0.3, -0.25) is 4.79 Å². The number of carbonyl (C=O) groups excluding carboxylic acids is 1. The molecule has 0 bridgehead atoms. The van der Waals surface area contributed by atoms with Crippen molar-refractivity contribution in [3.05, 3.63) is 51.5 Å². The number of aromatic nitrogens is 1. The molecule has 4 heteroatoms. The van der Waals surface area contributed by atoms with Crippen molar-refractivity contribution in [2.45, 2.75) is 13.8 Å². The van der Waals surface area contributed by atoms with E-state index in [1.54, 1.807) is 29.7 Å². The summed E-state index contributed by atoms with van der Waals surface area (Å²) in [6, 6.07) is 6.50. The van der Waals surface area contributed by atoms with Crippen LogP contribution >= 0.6 is 15.9 Å². The van der Waals surface area contributed by atoms with Crippen LogP contribution in [0.25, 0.3) is 5.69 Å². The highest BCUT2D eigenvalue weighted by molar-refractivity contribution is 9.10. The molecule has 0 spiro atoms. The first-order valence-corrected chi connectivity index (χ1v) is 5.93. The third-order valence-corrected chi connectivity index (χ3v) is 3.24. The minimum Gasteiger partial charge on any atom is -0.315 e. The predicted molar refractivity (Wildman–Crippen MR) is 68.3 cm³/mol. The molecule has 2 nitrogen and oxygen atoms in total. The summed E-state index contributed by atoms with van der Waals surface area (Å²) in [6.07, 6.45) is 0.786. The van der Waals surface area contributed by atoms with E-state index in [1.165, 1.54) is 6.07 Å². The quantitative estimate of drug-likeness (QED) is 0.772. The van der Waals surface area contributed by atoms with E-state index in [0.29, 0.717) is 11.3 Å². The molecule has 17 heavy (non-hydrogen) atoms. The van der Waals surface area contributed by atoms with Gasteiger partial charge in [-0.2, -0.15) is 0 Å². The zero-order valence-electron chi connectivity index (χ0n) is 9.50. The third kappa shape index (κ3) is 2.05. The van der Waals surface area contributed by atoms with Gasteiger partial charge < -0.3 is 4.57 Å². The van der Waals surface area contributed by atoms with Gasteiger partial charge in [-0.15, -0.1) is 0 Å². The molecule has 2 aromatic rings. The van der Waals surface area contributed by atoms with Crippen molar-refractivity contribution < 1.29 is 9.18 Å². The van der Waals surface area contributed by atoms with E-state index in [4.69, 9.17) is 0 Å². The number of aldehydes is 1. The number of carbonyl (C=O) groups is 1. The molecule has 0 fully saturated rings.